The summed E-state index contributed by atoms with van der Waals surface area (Å²) in [6, 6.07) is 15.9. The van der Waals surface area contributed by atoms with E-state index < -0.39 is 15.6 Å². The summed E-state index contributed by atoms with van der Waals surface area (Å²) in [7, 11) is -0.856. The zero-order valence-electron chi connectivity index (χ0n) is 20.3. The van der Waals surface area contributed by atoms with Crippen LogP contribution in [0.3, 0.4) is 0 Å². The van der Waals surface area contributed by atoms with E-state index in [1.54, 1.807) is 43.2 Å². The zero-order chi connectivity index (χ0) is 25.2. The van der Waals surface area contributed by atoms with Crippen LogP contribution in [0.15, 0.2) is 59.6 Å². The molecule has 1 N–H and O–H groups in total. The molecule has 1 fully saturated rings. The summed E-state index contributed by atoms with van der Waals surface area (Å²) in [6.07, 6.45) is 0. The van der Waals surface area contributed by atoms with Crippen molar-refractivity contribution in [3.8, 4) is 11.5 Å². The van der Waals surface area contributed by atoms with Crippen molar-refractivity contribution in [2.24, 2.45) is 0 Å². The number of rotatable bonds is 10. The van der Waals surface area contributed by atoms with E-state index in [-0.39, 0.29) is 37.4 Å². The minimum atomic E-state index is -4.02. The van der Waals surface area contributed by atoms with Crippen molar-refractivity contribution in [3.05, 3.63) is 71.4 Å². The molecule has 1 aliphatic heterocycles. The average molecular weight is 502 g/mol. The van der Waals surface area contributed by atoms with Gasteiger partial charge in [-0.1, -0.05) is 24.3 Å². The van der Waals surface area contributed by atoms with E-state index in [9.17, 15) is 13.5 Å². The first-order valence-corrected chi connectivity index (χ1v) is 12.8. The maximum absolute atomic E-state index is 13.9. The molecule has 0 radical (unpaired) electrons. The van der Waals surface area contributed by atoms with Crippen LogP contribution in [0, 0.1) is 0 Å². The number of methoxy groups -OCH3 is 2. The molecule has 4 rings (SSSR count). The van der Waals surface area contributed by atoms with Gasteiger partial charge in [-0.3, -0.25) is 4.68 Å². The molecule has 1 saturated heterocycles. The van der Waals surface area contributed by atoms with Gasteiger partial charge in [-0.05, 0) is 49.2 Å². The second kappa shape index (κ2) is 9.98. The molecule has 0 amide bonds. The lowest BCUT2D eigenvalue weighted by molar-refractivity contribution is -0.189. The van der Waals surface area contributed by atoms with E-state index in [1.165, 1.54) is 10.4 Å². The summed E-state index contributed by atoms with van der Waals surface area (Å²) in [5.74, 6) is 1.38. The predicted octanol–water partition coefficient (Wildman–Crippen LogP) is 3.09. The molecule has 0 unspecified atom stereocenters. The van der Waals surface area contributed by atoms with Crippen molar-refractivity contribution < 1.29 is 27.7 Å². The van der Waals surface area contributed by atoms with Crippen LogP contribution in [0.25, 0.3) is 0 Å². The first-order valence-electron chi connectivity index (χ1n) is 11.3. The third-order valence-electron chi connectivity index (χ3n) is 6.00. The Morgan fingerprint density at radius 1 is 1.00 bits per heavy atom. The molecule has 2 heterocycles. The quantitative estimate of drug-likeness (QED) is 0.455. The first kappa shape index (κ1) is 25.2. The molecule has 0 spiro atoms. The van der Waals surface area contributed by atoms with E-state index in [2.05, 4.69) is 5.10 Å². The van der Waals surface area contributed by atoms with Crippen LogP contribution in [0.1, 0.15) is 36.7 Å². The monoisotopic (exact) mass is 501 g/mol. The molecule has 0 atom stereocenters. The van der Waals surface area contributed by atoms with E-state index in [1.807, 2.05) is 38.1 Å². The van der Waals surface area contributed by atoms with Gasteiger partial charge in [0.15, 0.2) is 10.6 Å². The van der Waals surface area contributed by atoms with E-state index in [4.69, 9.17) is 14.2 Å². The number of aromatic nitrogens is 2. The second-order valence-corrected chi connectivity index (χ2v) is 10.8. The number of nitrogens with zero attached hydrogens (tertiary/aromatic N) is 3. The molecular formula is C25H31N3O6S. The maximum Gasteiger partial charge on any atom is 0.263 e. The summed E-state index contributed by atoms with van der Waals surface area (Å²) in [5, 5.41) is 15.2. The van der Waals surface area contributed by atoms with Gasteiger partial charge in [0.2, 0.25) is 0 Å². The van der Waals surface area contributed by atoms with E-state index >= 15 is 0 Å². The Morgan fingerprint density at radius 3 is 1.86 bits per heavy atom. The van der Waals surface area contributed by atoms with Crippen molar-refractivity contribution in [3.63, 3.8) is 0 Å². The molecule has 188 valence electrons. The van der Waals surface area contributed by atoms with Crippen LogP contribution in [-0.4, -0.2) is 55.0 Å². The molecule has 2 aromatic carbocycles. The summed E-state index contributed by atoms with van der Waals surface area (Å²) < 4.78 is 46.4. The minimum absolute atomic E-state index is 0.103. The number of aliphatic hydroxyl groups is 1. The Morgan fingerprint density at radius 2 is 1.49 bits per heavy atom. The highest BCUT2D eigenvalue weighted by Gasteiger charge is 2.43. The number of benzene rings is 2. The highest BCUT2D eigenvalue weighted by Crippen LogP contribution is 2.33. The highest BCUT2D eigenvalue weighted by atomic mass is 32.2. The SMILES string of the molecule is COc1ccc(CN(Cc2ccc(OC)cc2)S(=O)(=O)c2cc(C3(O)COC3)n(C(C)C)n2)cc1. The van der Waals surface area contributed by atoms with Crippen LogP contribution in [0.4, 0.5) is 0 Å². The lowest BCUT2D eigenvalue weighted by Crippen LogP contribution is -2.48. The van der Waals surface area contributed by atoms with Gasteiger partial charge < -0.3 is 19.3 Å². The average Bonchev–Trinajstić information content (AvgIpc) is 3.30. The predicted molar refractivity (Wildman–Crippen MR) is 130 cm³/mol. The topological polar surface area (TPSA) is 103 Å². The summed E-state index contributed by atoms with van der Waals surface area (Å²) >= 11 is 0. The van der Waals surface area contributed by atoms with Crippen molar-refractivity contribution in [2.75, 3.05) is 27.4 Å². The Hall–Kier alpha value is -2.92. The van der Waals surface area contributed by atoms with E-state index in [0.717, 1.165) is 11.1 Å². The van der Waals surface area contributed by atoms with Crippen molar-refractivity contribution >= 4 is 10.0 Å². The summed E-state index contributed by atoms with van der Waals surface area (Å²) in [5.41, 5.74) is 0.794. The summed E-state index contributed by atoms with van der Waals surface area (Å²) in [6.45, 7) is 4.26. The smallest absolute Gasteiger partial charge is 0.263 e. The molecular weight excluding hydrogens is 470 g/mol. The van der Waals surface area contributed by atoms with E-state index in [0.29, 0.717) is 17.2 Å². The number of sulfonamides is 1. The largest absolute Gasteiger partial charge is 0.497 e. The third kappa shape index (κ3) is 5.20. The molecule has 0 aliphatic carbocycles. The molecule has 0 saturated carbocycles. The molecule has 9 nitrogen and oxygen atoms in total. The van der Waals surface area contributed by atoms with Crippen molar-refractivity contribution in [1.29, 1.82) is 0 Å². The van der Waals surface area contributed by atoms with Gasteiger partial charge in [0.1, 0.15) is 11.5 Å². The van der Waals surface area contributed by atoms with Gasteiger partial charge in [0.25, 0.3) is 10.0 Å². The third-order valence-corrected chi connectivity index (χ3v) is 7.67. The Balaban J connectivity index is 1.72. The van der Waals surface area contributed by atoms with Gasteiger partial charge in [0.05, 0.1) is 33.1 Å². The minimum Gasteiger partial charge on any atom is -0.497 e. The maximum atomic E-state index is 13.9. The normalized spacial score (nSPS) is 15.3. The molecule has 35 heavy (non-hydrogen) atoms. The molecule has 0 bridgehead atoms. The fraction of sp³-hybridized carbons (Fsp3) is 0.400. The van der Waals surface area contributed by atoms with Gasteiger partial charge in [-0.2, -0.15) is 9.40 Å². The zero-order valence-corrected chi connectivity index (χ0v) is 21.2. The fourth-order valence-corrected chi connectivity index (χ4v) is 5.26. The van der Waals surface area contributed by atoms with Gasteiger partial charge in [0, 0.05) is 25.2 Å². The van der Waals surface area contributed by atoms with Crippen molar-refractivity contribution in [2.45, 2.75) is 43.6 Å². The fourth-order valence-electron chi connectivity index (χ4n) is 3.91. The van der Waals surface area contributed by atoms with Crippen LogP contribution in [-0.2, 0) is 33.5 Å². The number of ether oxygens (including phenoxy) is 3. The second-order valence-electron chi connectivity index (χ2n) is 8.90. The number of hydrogen-bond donors (Lipinski definition) is 1. The Bertz CT molecular complexity index is 1200. The molecule has 3 aromatic rings. The molecule has 1 aliphatic rings. The Labute approximate surface area is 205 Å². The van der Waals surface area contributed by atoms with Crippen LogP contribution >= 0.6 is 0 Å². The van der Waals surface area contributed by atoms with Gasteiger partial charge in [-0.15, -0.1) is 0 Å². The highest BCUT2D eigenvalue weighted by molar-refractivity contribution is 7.89. The van der Waals surface area contributed by atoms with Crippen molar-refractivity contribution in [1.82, 2.24) is 14.1 Å². The summed E-state index contributed by atoms with van der Waals surface area (Å²) in [4.78, 5) is 0. The molecule has 1 aromatic heterocycles. The first-order chi connectivity index (χ1) is 16.7. The molecule has 10 heteroatoms. The lowest BCUT2D eigenvalue weighted by Gasteiger charge is -2.36. The number of hydrogen-bond acceptors (Lipinski definition) is 7. The van der Waals surface area contributed by atoms with Crippen LogP contribution in [0.2, 0.25) is 0 Å². The van der Waals surface area contributed by atoms with Gasteiger partial charge in [-0.25, -0.2) is 8.42 Å². The Kier molecular flexibility index (Phi) is 7.18. The van der Waals surface area contributed by atoms with Gasteiger partial charge >= 0.3 is 0 Å². The standard InChI is InChI=1S/C25H31N3O6S/c1-18(2)28-23(25(29)16-34-17-25)13-24(26-28)35(30,31)27(14-19-5-9-21(32-3)10-6-19)15-20-7-11-22(33-4)12-8-20/h5-13,18,29H,14-17H2,1-4H3. The van der Waals surface area contributed by atoms with Crippen LogP contribution in [0.5, 0.6) is 11.5 Å². The lowest BCUT2D eigenvalue weighted by atomic mass is 9.97. The van der Waals surface area contributed by atoms with Crippen LogP contribution < -0.4 is 9.47 Å².